The number of aliphatic hydroxyl groups excluding tert-OH is 2. The number of hydrogen-bond donors (Lipinski definition) is 3. The van der Waals surface area contributed by atoms with Crippen molar-refractivity contribution in [3.63, 3.8) is 0 Å². The lowest BCUT2D eigenvalue weighted by atomic mass is 9.64. The maximum absolute atomic E-state index is 13.4. The molecule has 11 heteroatoms. The SMILES string of the molecule is COc1ccc(C(c2ccccc2)(c2ccc(OC)cc2)C(O)[C@H]2O[C@@H](n3ccc(NC(=O)c4ccccc4)nc3=O)[C@H](OC)[C@@H]2O)cc1. The van der Waals surface area contributed by atoms with E-state index in [1.165, 1.54) is 23.9 Å². The molecule has 252 valence electrons. The molecule has 0 saturated carbocycles. The van der Waals surface area contributed by atoms with Crippen LogP contribution in [0.4, 0.5) is 5.82 Å². The number of nitrogens with zero attached hydrogens (tertiary/aromatic N) is 2. The predicted molar refractivity (Wildman–Crippen MR) is 182 cm³/mol. The fourth-order valence-corrected chi connectivity index (χ4v) is 6.54. The number of nitrogens with one attached hydrogen (secondary N) is 1. The Kier molecular flexibility index (Phi) is 9.88. The molecular weight excluding hydrogens is 626 g/mol. The summed E-state index contributed by atoms with van der Waals surface area (Å²) in [6.45, 7) is 0. The molecule has 49 heavy (non-hydrogen) atoms. The van der Waals surface area contributed by atoms with Crippen molar-refractivity contribution >= 4 is 11.7 Å². The van der Waals surface area contributed by atoms with Gasteiger partial charge < -0.3 is 34.5 Å². The fourth-order valence-electron chi connectivity index (χ4n) is 6.54. The molecule has 0 spiro atoms. The highest BCUT2D eigenvalue weighted by Crippen LogP contribution is 2.47. The average molecular weight is 664 g/mol. The van der Waals surface area contributed by atoms with E-state index in [4.69, 9.17) is 18.9 Å². The van der Waals surface area contributed by atoms with Gasteiger partial charge in [0.1, 0.15) is 41.7 Å². The van der Waals surface area contributed by atoms with Crippen LogP contribution in [-0.4, -0.2) is 71.4 Å². The van der Waals surface area contributed by atoms with Gasteiger partial charge in [0.2, 0.25) is 0 Å². The molecule has 1 amide bonds. The summed E-state index contributed by atoms with van der Waals surface area (Å²) in [6.07, 6.45) is -4.89. The van der Waals surface area contributed by atoms with Crippen molar-refractivity contribution in [3.05, 3.63) is 154 Å². The number of amides is 1. The summed E-state index contributed by atoms with van der Waals surface area (Å²) in [4.78, 5) is 30.1. The first-order chi connectivity index (χ1) is 23.8. The zero-order valence-corrected chi connectivity index (χ0v) is 27.2. The van der Waals surface area contributed by atoms with Gasteiger partial charge in [-0.2, -0.15) is 4.98 Å². The molecule has 0 bridgehead atoms. The van der Waals surface area contributed by atoms with Gasteiger partial charge in [-0.25, -0.2) is 4.79 Å². The van der Waals surface area contributed by atoms with Crippen LogP contribution in [0.25, 0.3) is 0 Å². The molecule has 6 rings (SSSR count). The zero-order valence-electron chi connectivity index (χ0n) is 27.2. The van der Waals surface area contributed by atoms with Crippen molar-refractivity contribution in [2.24, 2.45) is 0 Å². The second kappa shape index (κ2) is 14.4. The van der Waals surface area contributed by atoms with Crippen LogP contribution in [0.3, 0.4) is 0 Å². The first-order valence-electron chi connectivity index (χ1n) is 15.7. The maximum atomic E-state index is 13.4. The van der Waals surface area contributed by atoms with Gasteiger partial charge in [0, 0.05) is 18.9 Å². The summed E-state index contributed by atoms with van der Waals surface area (Å²) in [5.74, 6) is 0.870. The molecule has 5 aromatic rings. The smallest absolute Gasteiger partial charge is 0.351 e. The summed E-state index contributed by atoms with van der Waals surface area (Å²) >= 11 is 0. The molecule has 1 unspecified atom stereocenters. The van der Waals surface area contributed by atoms with Crippen LogP contribution < -0.4 is 20.5 Å². The molecule has 1 aliphatic rings. The van der Waals surface area contributed by atoms with Crippen molar-refractivity contribution in [1.82, 2.24) is 9.55 Å². The quantitative estimate of drug-likeness (QED) is 0.178. The van der Waals surface area contributed by atoms with Gasteiger partial charge in [0.25, 0.3) is 5.91 Å². The van der Waals surface area contributed by atoms with E-state index in [-0.39, 0.29) is 5.82 Å². The van der Waals surface area contributed by atoms with Gasteiger partial charge in [-0.05, 0) is 59.2 Å². The Morgan fingerprint density at radius 3 is 1.86 bits per heavy atom. The lowest BCUT2D eigenvalue weighted by Gasteiger charge is -2.42. The summed E-state index contributed by atoms with van der Waals surface area (Å²) in [6, 6.07) is 34.1. The van der Waals surface area contributed by atoms with Crippen molar-refractivity contribution in [3.8, 4) is 11.5 Å². The number of aromatic nitrogens is 2. The molecule has 11 nitrogen and oxygen atoms in total. The Bertz CT molecular complexity index is 1870. The third-order valence-corrected chi connectivity index (χ3v) is 8.98. The summed E-state index contributed by atoms with van der Waals surface area (Å²) in [5, 5.41) is 27.1. The van der Waals surface area contributed by atoms with E-state index < -0.39 is 47.7 Å². The van der Waals surface area contributed by atoms with E-state index in [0.717, 1.165) is 5.56 Å². The van der Waals surface area contributed by atoms with Gasteiger partial charge in [-0.3, -0.25) is 9.36 Å². The molecule has 3 N–H and O–H groups in total. The normalized spacial score (nSPS) is 19.6. The van der Waals surface area contributed by atoms with Crippen molar-refractivity contribution < 1.29 is 34.0 Å². The summed E-state index contributed by atoms with van der Waals surface area (Å²) in [5.41, 5.74) is 0.476. The van der Waals surface area contributed by atoms with E-state index in [2.05, 4.69) is 10.3 Å². The third-order valence-electron chi connectivity index (χ3n) is 8.98. The summed E-state index contributed by atoms with van der Waals surface area (Å²) in [7, 11) is 4.54. The minimum absolute atomic E-state index is 0.0429. The third kappa shape index (κ3) is 6.32. The number of carbonyl (C=O) groups excluding carboxylic acids is 1. The van der Waals surface area contributed by atoms with E-state index in [1.807, 2.05) is 54.6 Å². The molecule has 0 aliphatic carbocycles. The second-order valence-electron chi connectivity index (χ2n) is 11.6. The van der Waals surface area contributed by atoms with Gasteiger partial charge in [0.05, 0.1) is 19.6 Å². The van der Waals surface area contributed by atoms with Crippen LogP contribution in [0.2, 0.25) is 0 Å². The highest BCUT2D eigenvalue weighted by atomic mass is 16.6. The molecule has 5 atom stereocenters. The first-order valence-corrected chi connectivity index (χ1v) is 15.7. The van der Waals surface area contributed by atoms with Crippen LogP contribution in [0, 0.1) is 0 Å². The van der Waals surface area contributed by atoms with Gasteiger partial charge >= 0.3 is 5.69 Å². The number of hydrogen-bond acceptors (Lipinski definition) is 9. The molecule has 1 fully saturated rings. The van der Waals surface area contributed by atoms with Crippen LogP contribution in [-0.2, 0) is 14.9 Å². The molecule has 0 radical (unpaired) electrons. The second-order valence-corrected chi connectivity index (χ2v) is 11.6. The van der Waals surface area contributed by atoms with Crippen molar-refractivity contribution in [1.29, 1.82) is 0 Å². The Balaban J connectivity index is 1.41. The Labute approximate surface area is 283 Å². The van der Waals surface area contributed by atoms with E-state index >= 15 is 0 Å². The number of aliphatic hydroxyl groups is 2. The topological polar surface area (TPSA) is 141 Å². The van der Waals surface area contributed by atoms with Crippen molar-refractivity contribution in [2.75, 3.05) is 26.6 Å². The van der Waals surface area contributed by atoms with Crippen LogP contribution in [0.5, 0.6) is 11.5 Å². The van der Waals surface area contributed by atoms with E-state index in [9.17, 15) is 19.8 Å². The maximum Gasteiger partial charge on any atom is 0.351 e. The number of anilines is 1. The van der Waals surface area contributed by atoms with E-state index in [0.29, 0.717) is 28.2 Å². The molecule has 1 aliphatic heterocycles. The zero-order chi connectivity index (χ0) is 34.5. The number of carbonyl (C=O) groups is 1. The standard InChI is InChI=1S/C38H37N3O8/c1-46-28-18-14-26(15-19-28)38(25-12-8-5-9-13-25,27-16-20-29(47-2)21-17-27)34(43)32-31(42)33(48-3)36(49-32)41-23-22-30(40-37(41)45)39-35(44)24-10-6-4-7-11-24/h4-23,31-34,36,42-43H,1-3H3,(H,39,40,44,45)/t31-,32+,33-,34?,36-/m1/s1. The van der Waals surface area contributed by atoms with Gasteiger partial charge in [-0.15, -0.1) is 0 Å². The molecule has 4 aromatic carbocycles. The molecule has 1 aromatic heterocycles. The Morgan fingerprint density at radius 1 is 0.816 bits per heavy atom. The van der Waals surface area contributed by atoms with Crippen LogP contribution in [0.15, 0.2) is 126 Å². The van der Waals surface area contributed by atoms with Crippen LogP contribution in [0.1, 0.15) is 33.3 Å². The molecule has 2 heterocycles. The van der Waals surface area contributed by atoms with Crippen LogP contribution >= 0.6 is 0 Å². The van der Waals surface area contributed by atoms with E-state index in [1.54, 1.807) is 68.8 Å². The lowest BCUT2D eigenvalue weighted by molar-refractivity contribution is -0.100. The Morgan fingerprint density at radius 2 is 1.35 bits per heavy atom. The average Bonchev–Trinajstić information content (AvgIpc) is 3.48. The van der Waals surface area contributed by atoms with Crippen molar-refractivity contribution in [2.45, 2.75) is 36.1 Å². The summed E-state index contributed by atoms with van der Waals surface area (Å²) < 4.78 is 24.2. The Hall–Kier alpha value is -5.33. The largest absolute Gasteiger partial charge is 0.497 e. The molecule has 1 saturated heterocycles. The number of ether oxygens (including phenoxy) is 4. The van der Waals surface area contributed by atoms with Gasteiger partial charge in [0.15, 0.2) is 6.23 Å². The highest BCUT2D eigenvalue weighted by Gasteiger charge is 2.56. The number of rotatable bonds is 11. The minimum atomic E-state index is -1.43. The molecular formula is C38H37N3O8. The fraction of sp³-hybridized carbons (Fsp3) is 0.237. The first kappa shape index (κ1) is 33.6. The number of methoxy groups -OCH3 is 3. The van der Waals surface area contributed by atoms with Gasteiger partial charge in [-0.1, -0.05) is 72.8 Å². The lowest BCUT2D eigenvalue weighted by Crippen LogP contribution is -2.52. The monoisotopic (exact) mass is 663 g/mol. The predicted octanol–water partition coefficient (Wildman–Crippen LogP) is 4.18. The number of benzene rings is 4. The minimum Gasteiger partial charge on any atom is -0.497 e. The highest BCUT2D eigenvalue weighted by molar-refractivity contribution is 6.03.